The first-order valence-corrected chi connectivity index (χ1v) is 8.01. The standard InChI is InChI=1S/C13H25N3O2S/c1-4-19-11-7-5-6-8-16(9-11)10(2)12(17)15-13(18)14-3/h10-11H,4-9H2,1-3H3,(H2,14,15,17,18)/t10-,11+/m1/s1. The van der Waals surface area contributed by atoms with Crippen molar-refractivity contribution in [3.8, 4) is 0 Å². The van der Waals surface area contributed by atoms with Crippen molar-refractivity contribution in [2.75, 3.05) is 25.9 Å². The molecule has 1 heterocycles. The highest BCUT2D eigenvalue weighted by Gasteiger charge is 2.26. The number of urea groups is 1. The van der Waals surface area contributed by atoms with Gasteiger partial charge in [0.2, 0.25) is 5.91 Å². The highest BCUT2D eigenvalue weighted by molar-refractivity contribution is 7.99. The van der Waals surface area contributed by atoms with Gasteiger partial charge in [0.05, 0.1) is 6.04 Å². The van der Waals surface area contributed by atoms with Gasteiger partial charge in [-0.2, -0.15) is 11.8 Å². The predicted octanol–water partition coefficient (Wildman–Crippen LogP) is 1.44. The van der Waals surface area contributed by atoms with Gasteiger partial charge in [0.15, 0.2) is 0 Å². The van der Waals surface area contributed by atoms with E-state index in [9.17, 15) is 9.59 Å². The van der Waals surface area contributed by atoms with Crippen molar-refractivity contribution >= 4 is 23.7 Å². The normalized spacial score (nSPS) is 22.4. The van der Waals surface area contributed by atoms with Gasteiger partial charge in [-0.1, -0.05) is 13.3 Å². The van der Waals surface area contributed by atoms with E-state index in [1.807, 2.05) is 18.7 Å². The average Bonchev–Trinajstić information content (AvgIpc) is 2.63. The number of rotatable bonds is 4. The molecule has 3 amide bonds. The third-order valence-corrected chi connectivity index (χ3v) is 4.64. The molecule has 0 radical (unpaired) electrons. The van der Waals surface area contributed by atoms with Crippen LogP contribution in [-0.2, 0) is 4.79 Å². The minimum Gasteiger partial charge on any atom is -0.341 e. The van der Waals surface area contributed by atoms with E-state index in [4.69, 9.17) is 0 Å². The fraction of sp³-hybridized carbons (Fsp3) is 0.846. The number of hydrogen-bond donors (Lipinski definition) is 2. The maximum atomic E-state index is 12.0. The number of carbonyl (C=O) groups excluding carboxylic acids is 2. The molecule has 0 aromatic rings. The SMILES string of the molecule is CCS[C@H]1CCCCN([C@H](C)C(=O)NC(=O)NC)C1. The molecule has 0 aromatic carbocycles. The molecule has 0 saturated carbocycles. The number of likely N-dealkylation sites (tertiary alicyclic amines) is 1. The van der Waals surface area contributed by atoms with Crippen molar-refractivity contribution in [1.82, 2.24) is 15.5 Å². The minimum atomic E-state index is -0.439. The first-order chi connectivity index (χ1) is 9.08. The summed E-state index contributed by atoms with van der Waals surface area (Å²) in [6.45, 7) is 5.91. The van der Waals surface area contributed by atoms with Gasteiger partial charge in [0.1, 0.15) is 0 Å². The van der Waals surface area contributed by atoms with Crippen LogP contribution in [0.25, 0.3) is 0 Å². The molecule has 1 rings (SSSR count). The molecule has 1 aliphatic heterocycles. The molecule has 2 atom stereocenters. The Labute approximate surface area is 119 Å². The van der Waals surface area contributed by atoms with Crippen molar-refractivity contribution in [3.63, 3.8) is 0 Å². The first kappa shape index (κ1) is 16.3. The van der Waals surface area contributed by atoms with Gasteiger partial charge in [-0.25, -0.2) is 4.79 Å². The molecule has 1 saturated heterocycles. The number of imide groups is 1. The molecule has 0 unspecified atom stereocenters. The molecule has 2 N–H and O–H groups in total. The van der Waals surface area contributed by atoms with Crippen LogP contribution < -0.4 is 10.6 Å². The Morgan fingerprint density at radius 1 is 1.42 bits per heavy atom. The zero-order valence-corrected chi connectivity index (χ0v) is 12.9. The van der Waals surface area contributed by atoms with Crippen molar-refractivity contribution in [2.24, 2.45) is 0 Å². The molecule has 0 spiro atoms. The Hall–Kier alpha value is -0.750. The predicted molar refractivity (Wildman–Crippen MR) is 79.4 cm³/mol. The summed E-state index contributed by atoms with van der Waals surface area (Å²) in [4.78, 5) is 25.3. The zero-order chi connectivity index (χ0) is 14.3. The fourth-order valence-electron chi connectivity index (χ4n) is 2.30. The van der Waals surface area contributed by atoms with Crippen LogP contribution in [0.15, 0.2) is 0 Å². The quantitative estimate of drug-likeness (QED) is 0.821. The molecule has 0 aromatic heterocycles. The molecular formula is C13H25N3O2S. The van der Waals surface area contributed by atoms with Crippen LogP contribution in [0.1, 0.15) is 33.1 Å². The molecule has 1 fully saturated rings. The second kappa shape index (κ2) is 8.43. The lowest BCUT2D eigenvalue weighted by Crippen LogP contribution is -2.50. The van der Waals surface area contributed by atoms with E-state index in [0.717, 1.165) is 25.3 Å². The van der Waals surface area contributed by atoms with Crippen LogP contribution in [0.2, 0.25) is 0 Å². The van der Waals surface area contributed by atoms with Gasteiger partial charge in [-0.3, -0.25) is 15.0 Å². The number of carbonyl (C=O) groups is 2. The molecule has 6 heteroatoms. The lowest BCUT2D eigenvalue weighted by Gasteiger charge is -2.28. The summed E-state index contributed by atoms with van der Waals surface area (Å²) in [5, 5.41) is 5.36. The zero-order valence-electron chi connectivity index (χ0n) is 12.1. The molecular weight excluding hydrogens is 262 g/mol. The Morgan fingerprint density at radius 3 is 2.79 bits per heavy atom. The topological polar surface area (TPSA) is 61.4 Å². The van der Waals surface area contributed by atoms with Crippen molar-refractivity contribution in [3.05, 3.63) is 0 Å². The van der Waals surface area contributed by atoms with Crippen molar-refractivity contribution in [1.29, 1.82) is 0 Å². The number of hydrogen-bond acceptors (Lipinski definition) is 4. The van der Waals surface area contributed by atoms with Crippen LogP contribution in [0.5, 0.6) is 0 Å². The van der Waals surface area contributed by atoms with E-state index >= 15 is 0 Å². The summed E-state index contributed by atoms with van der Waals surface area (Å²) in [7, 11) is 1.51. The van der Waals surface area contributed by atoms with Crippen LogP contribution in [0.4, 0.5) is 4.79 Å². The molecule has 0 bridgehead atoms. The minimum absolute atomic E-state index is 0.221. The second-order valence-electron chi connectivity index (χ2n) is 4.81. The Morgan fingerprint density at radius 2 is 2.16 bits per heavy atom. The molecule has 5 nitrogen and oxygen atoms in total. The summed E-state index contributed by atoms with van der Waals surface area (Å²) in [6, 6.07) is -0.693. The lowest BCUT2D eigenvalue weighted by atomic mass is 10.2. The molecule has 1 aliphatic rings. The van der Waals surface area contributed by atoms with Crippen LogP contribution in [0.3, 0.4) is 0 Å². The maximum Gasteiger partial charge on any atom is 0.321 e. The fourth-order valence-corrected chi connectivity index (χ4v) is 3.40. The smallest absolute Gasteiger partial charge is 0.321 e. The summed E-state index contributed by atoms with van der Waals surface area (Å²) >= 11 is 1.96. The molecule has 110 valence electrons. The van der Waals surface area contributed by atoms with Gasteiger partial charge in [-0.15, -0.1) is 0 Å². The van der Waals surface area contributed by atoms with E-state index in [2.05, 4.69) is 22.5 Å². The highest BCUT2D eigenvalue weighted by Crippen LogP contribution is 2.23. The van der Waals surface area contributed by atoms with E-state index in [1.165, 1.54) is 19.9 Å². The van der Waals surface area contributed by atoms with Gasteiger partial charge >= 0.3 is 6.03 Å². The van der Waals surface area contributed by atoms with E-state index in [-0.39, 0.29) is 11.9 Å². The number of thioether (sulfide) groups is 1. The van der Waals surface area contributed by atoms with Crippen LogP contribution in [0, 0.1) is 0 Å². The Kier molecular flexibility index (Phi) is 7.23. The van der Waals surface area contributed by atoms with Gasteiger partial charge in [-0.05, 0) is 32.1 Å². The van der Waals surface area contributed by atoms with Crippen LogP contribution >= 0.6 is 11.8 Å². The number of nitrogens with zero attached hydrogens (tertiary/aromatic N) is 1. The summed E-state index contributed by atoms with van der Waals surface area (Å²) in [5.41, 5.74) is 0. The van der Waals surface area contributed by atoms with Crippen LogP contribution in [-0.4, -0.2) is 54.0 Å². The lowest BCUT2D eigenvalue weighted by molar-refractivity contribution is -0.124. The summed E-state index contributed by atoms with van der Waals surface area (Å²) < 4.78 is 0. The summed E-state index contributed by atoms with van der Waals surface area (Å²) in [6.07, 6.45) is 3.56. The maximum absolute atomic E-state index is 12.0. The Balaban J connectivity index is 2.55. The Bertz CT molecular complexity index is 312. The largest absolute Gasteiger partial charge is 0.341 e. The van der Waals surface area contributed by atoms with E-state index < -0.39 is 6.03 Å². The highest BCUT2D eigenvalue weighted by atomic mass is 32.2. The average molecular weight is 287 g/mol. The third kappa shape index (κ3) is 5.40. The first-order valence-electron chi connectivity index (χ1n) is 6.96. The monoisotopic (exact) mass is 287 g/mol. The van der Waals surface area contributed by atoms with E-state index in [1.54, 1.807) is 0 Å². The third-order valence-electron chi connectivity index (χ3n) is 3.45. The van der Waals surface area contributed by atoms with Gasteiger partial charge in [0, 0.05) is 18.8 Å². The number of amides is 3. The molecule has 0 aliphatic carbocycles. The van der Waals surface area contributed by atoms with Gasteiger partial charge < -0.3 is 5.32 Å². The summed E-state index contributed by atoms with van der Waals surface area (Å²) in [5.74, 6) is 0.888. The molecule has 19 heavy (non-hydrogen) atoms. The number of nitrogens with one attached hydrogen (secondary N) is 2. The van der Waals surface area contributed by atoms with Gasteiger partial charge in [0.25, 0.3) is 0 Å². The van der Waals surface area contributed by atoms with E-state index in [0.29, 0.717) is 5.25 Å². The second-order valence-corrected chi connectivity index (χ2v) is 6.39. The van der Waals surface area contributed by atoms with Crippen molar-refractivity contribution < 1.29 is 9.59 Å². The van der Waals surface area contributed by atoms with Crippen molar-refractivity contribution in [2.45, 2.75) is 44.4 Å².